The van der Waals surface area contributed by atoms with Crippen molar-refractivity contribution in [3.05, 3.63) is 35.5 Å². The first-order valence-electron chi connectivity index (χ1n) is 5.99. The molecule has 1 aliphatic heterocycles. The lowest BCUT2D eigenvalue weighted by atomic mass is 9.80. The van der Waals surface area contributed by atoms with Crippen molar-refractivity contribution in [3.63, 3.8) is 0 Å². The second kappa shape index (κ2) is 3.86. The van der Waals surface area contributed by atoms with Gasteiger partial charge in [0.1, 0.15) is 0 Å². The standard InChI is InChI=1S/C14H17NO2/c1-10-12(6-14(7-16)8-17-9-14)11-4-2-3-5-13(11)15-10/h2-5,15-16H,6-9H2,1H3. The highest BCUT2D eigenvalue weighted by Gasteiger charge is 2.39. The number of hydrogen-bond acceptors (Lipinski definition) is 2. The van der Waals surface area contributed by atoms with Crippen LogP contribution in [0.25, 0.3) is 10.9 Å². The number of fused-ring (bicyclic) bond motifs is 1. The zero-order valence-corrected chi connectivity index (χ0v) is 9.99. The second-order valence-electron chi connectivity index (χ2n) is 5.10. The molecule has 2 N–H and O–H groups in total. The Morgan fingerprint density at radius 3 is 2.76 bits per heavy atom. The Labute approximate surface area is 100 Å². The molecule has 2 aromatic rings. The number of nitrogens with one attached hydrogen (secondary N) is 1. The number of aromatic nitrogens is 1. The van der Waals surface area contributed by atoms with Crippen molar-refractivity contribution in [3.8, 4) is 0 Å². The van der Waals surface area contributed by atoms with E-state index in [1.165, 1.54) is 22.2 Å². The predicted molar refractivity (Wildman–Crippen MR) is 67.1 cm³/mol. The molecule has 0 bridgehead atoms. The first kappa shape index (κ1) is 10.8. The normalized spacial score (nSPS) is 18.2. The molecule has 0 atom stereocenters. The van der Waals surface area contributed by atoms with Gasteiger partial charge in [-0.15, -0.1) is 0 Å². The zero-order valence-electron chi connectivity index (χ0n) is 9.99. The Morgan fingerprint density at radius 1 is 1.35 bits per heavy atom. The molecule has 17 heavy (non-hydrogen) atoms. The molecular formula is C14H17NO2. The number of aliphatic hydroxyl groups is 1. The lowest BCUT2D eigenvalue weighted by Crippen LogP contribution is -2.47. The van der Waals surface area contributed by atoms with E-state index in [2.05, 4.69) is 30.1 Å². The molecule has 1 saturated heterocycles. The van der Waals surface area contributed by atoms with Crippen LogP contribution in [0, 0.1) is 12.3 Å². The molecule has 0 saturated carbocycles. The molecule has 1 aromatic carbocycles. The van der Waals surface area contributed by atoms with E-state index < -0.39 is 0 Å². The fourth-order valence-corrected chi connectivity index (χ4v) is 2.58. The minimum atomic E-state index is -0.0598. The number of aryl methyl sites for hydroxylation is 1. The van der Waals surface area contributed by atoms with Crippen LogP contribution in [0.1, 0.15) is 11.3 Å². The number of H-pyrrole nitrogens is 1. The van der Waals surface area contributed by atoms with E-state index in [0.717, 1.165) is 6.42 Å². The summed E-state index contributed by atoms with van der Waals surface area (Å²) < 4.78 is 5.26. The van der Waals surface area contributed by atoms with Crippen LogP contribution in [0.3, 0.4) is 0 Å². The average Bonchev–Trinajstić information content (AvgIpc) is 2.60. The van der Waals surface area contributed by atoms with E-state index in [9.17, 15) is 5.11 Å². The van der Waals surface area contributed by atoms with Gasteiger partial charge in [-0.25, -0.2) is 0 Å². The van der Waals surface area contributed by atoms with Gasteiger partial charge in [0, 0.05) is 22.0 Å². The van der Waals surface area contributed by atoms with Gasteiger partial charge >= 0.3 is 0 Å². The maximum atomic E-state index is 9.51. The van der Waals surface area contributed by atoms with Crippen LogP contribution in [0.4, 0.5) is 0 Å². The smallest absolute Gasteiger partial charge is 0.0570 e. The van der Waals surface area contributed by atoms with Crippen molar-refractivity contribution in [1.82, 2.24) is 4.98 Å². The molecule has 3 heteroatoms. The van der Waals surface area contributed by atoms with Gasteiger partial charge in [-0.05, 0) is 25.0 Å². The highest BCUT2D eigenvalue weighted by molar-refractivity contribution is 5.84. The molecule has 90 valence electrons. The van der Waals surface area contributed by atoms with E-state index in [1.807, 2.05) is 6.07 Å². The lowest BCUT2D eigenvalue weighted by Gasteiger charge is -2.40. The summed E-state index contributed by atoms with van der Waals surface area (Å²) in [5.41, 5.74) is 3.63. The Bertz CT molecular complexity index is 535. The molecule has 0 unspecified atom stereocenters. The summed E-state index contributed by atoms with van der Waals surface area (Å²) in [4.78, 5) is 3.40. The molecule has 0 amide bonds. The SMILES string of the molecule is Cc1[nH]c2ccccc2c1CC1(CO)COC1. The first-order chi connectivity index (χ1) is 8.24. The van der Waals surface area contributed by atoms with Crippen molar-refractivity contribution < 1.29 is 9.84 Å². The number of aliphatic hydroxyl groups excluding tert-OH is 1. The third-order valence-electron chi connectivity index (χ3n) is 3.73. The number of ether oxygens (including phenoxy) is 1. The monoisotopic (exact) mass is 231 g/mol. The molecule has 1 aromatic heterocycles. The van der Waals surface area contributed by atoms with Crippen LogP contribution in [-0.2, 0) is 11.2 Å². The van der Waals surface area contributed by atoms with Gasteiger partial charge in [0.15, 0.2) is 0 Å². The van der Waals surface area contributed by atoms with Gasteiger partial charge in [0.05, 0.1) is 19.8 Å². The van der Waals surface area contributed by atoms with Crippen LogP contribution < -0.4 is 0 Å². The van der Waals surface area contributed by atoms with Crippen LogP contribution in [0.2, 0.25) is 0 Å². The Kier molecular flexibility index (Phi) is 2.45. The number of rotatable bonds is 3. The van der Waals surface area contributed by atoms with Gasteiger partial charge in [-0.1, -0.05) is 18.2 Å². The molecule has 2 heterocycles. The molecule has 0 spiro atoms. The average molecular weight is 231 g/mol. The quantitative estimate of drug-likeness (QED) is 0.849. The first-order valence-corrected chi connectivity index (χ1v) is 5.99. The summed E-state index contributed by atoms with van der Waals surface area (Å²) in [5, 5.41) is 10.8. The number of para-hydroxylation sites is 1. The third kappa shape index (κ3) is 1.66. The lowest BCUT2D eigenvalue weighted by molar-refractivity contribution is -0.135. The van der Waals surface area contributed by atoms with Gasteiger partial charge < -0.3 is 14.8 Å². The maximum Gasteiger partial charge on any atom is 0.0570 e. The van der Waals surface area contributed by atoms with E-state index >= 15 is 0 Å². The summed E-state index contributed by atoms with van der Waals surface area (Å²) in [5.74, 6) is 0. The van der Waals surface area contributed by atoms with Gasteiger partial charge in [-0.2, -0.15) is 0 Å². The zero-order chi connectivity index (χ0) is 11.9. The van der Waals surface area contributed by atoms with Crippen molar-refractivity contribution in [2.45, 2.75) is 13.3 Å². The van der Waals surface area contributed by atoms with E-state index in [4.69, 9.17) is 4.74 Å². The molecule has 0 aliphatic carbocycles. The van der Waals surface area contributed by atoms with Crippen molar-refractivity contribution in [2.75, 3.05) is 19.8 Å². The molecule has 0 radical (unpaired) electrons. The fraction of sp³-hybridized carbons (Fsp3) is 0.429. The fourth-order valence-electron chi connectivity index (χ4n) is 2.58. The largest absolute Gasteiger partial charge is 0.396 e. The Balaban J connectivity index is 2.02. The Morgan fingerprint density at radius 2 is 2.12 bits per heavy atom. The van der Waals surface area contributed by atoms with Crippen LogP contribution in [0.5, 0.6) is 0 Å². The summed E-state index contributed by atoms with van der Waals surface area (Å²) in [6.45, 7) is 3.64. The maximum absolute atomic E-state index is 9.51. The van der Waals surface area contributed by atoms with Crippen molar-refractivity contribution >= 4 is 10.9 Å². The summed E-state index contributed by atoms with van der Waals surface area (Å²) in [6.07, 6.45) is 0.888. The van der Waals surface area contributed by atoms with Gasteiger partial charge in [0.25, 0.3) is 0 Å². The third-order valence-corrected chi connectivity index (χ3v) is 3.73. The minimum Gasteiger partial charge on any atom is -0.396 e. The number of aromatic amines is 1. The van der Waals surface area contributed by atoms with Crippen LogP contribution in [-0.4, -0.2) is 29.9 Å². The summed E-state index contributed by atoms with van der Waals surface area (Å²) in [6, 6.07) is 8.33. The molecule has 1 aliphatic rings. The highest BCUT2D eigenvalue weighted by Crippen LogP contribution is 2.34. The predicted octanol–water partition coefficient (Wildman–Crippen LogP) is 2.03. The van der Waals surface area contributed by atoms with Crippen molar-refractivity contribution in [2.24, 2.45) is 5.41 Å². The van der Waals surface area contributed by atoms with E-state index in [1.54, 1.807) is 0 Å². The van der Waals surface area contributed by atoms with E-state index in [0.29, 0.717) is 13.2 Å². The minimum absolute atomic E-state index is 0.0598. The van der Waals surface area contributed by atoms with Gasteiger partial charge in [-0.3, -0.25) is 0 Å². The summed E-state index contributed by atoms with van der Waals surface area (Å²) >= 11 is 0. The molecular weight excluding hydrogens is 214 g/mol. The number of hydrogen-bond donors (Lipinski definition) is 2. The Hall–Kier alpha value is -1.32. The number of benzene rings is 1. The van der Waals surface area contributed by atoms with Gasteiger partial charge in [0.2, 0.25) is 0 Å². The molecule has 3 nitrogen and oxygen atoms in total. The molecule has 1 fully saturated rings. The van der Waals surface area contributed by atoms with Crippen molar-refractivity contribution in [1.29, 1.82) is 0 Å². The molecule has 3 rings (SSSR count). The summed E-state index contributed by atoms with van der Waals surface area (Å²) in [7, 11) is 0. The second-order valence-corrected chi connectivity index (χ2v) is 5.10. The van der Waals surface area contributed by atoms with Crippen LogP contribution in [0.15, 0.2) is 24.3 Å². The van der Waals surface area contributed by atoms with Crippen LogP contribution >= 0.6 is 0 Å². The highest BCUT2D eigenvalue weighted by atomic mass is 16.5. The van der Waals surface area contributed by atoms with E-state index in [-0.39, 0.29) is 12.0 Å². The topological polar surface area (TPSA) is 45.2 Å².